The van der Waals surface area contributed by atoms with Gasteiger partial charge in [0.05, 0.1) is 0 Å². The fourth-order valence-corrected chi connectivity index (χ4v) is 5.28. The molecule has 0 amide bonds. The average Bonchev–Trinajstić information content (AvgIpc) is 2.60. The highest BCUT2D eigenvalue weighted by atomic mass is 28.4. The largest absolute Gasteiger partial charge is 0.420 e. The van der Waals surface area contributed by atoms with Crippen LogP contribution in [0, 0.1) is 11.8 Å². The zero-order chi connectivity index (χ0) is 21.1. The Hall–Kier alpha value is -0.346. The molecule has 27 heavy (non-hydrogen) atoms. The highest BCUT2D eigenvalue weighted by Gasteiger charge is 2.23. The smallest absolute Gasteiger partial charge is 0.186 e. The summed E-state index contributed by atoms with van der Waals surface area (Å²) < 4.78 is 11.0. The molecule has 7 heteroatoms. The summed E-state index contributed by atoms with van der Waals surface area (Å²) >= 11 is 0. The third-order valence-corrected chi connectivity index (χ3v) is 10.8. The Bertz CT molecular complexity index is 415. The van der Waals surface area contributed by atoms with Gasteiger partial charge in [0.25, 0.3) is 0 Å². The molecule has 2 unspecified atom stereocenters. The molecule has 0 aliphatic carbocycles. The number of ketones is 2. The van der Waals surface area contributed by atoms with Crippen LogP contribution in [0.3, 0.4) is 0 Å². The van der Waals surface area contributed by atoms with Gasteiger partial charge in [0.2, 0.25) is 0 Å². The highest BCUT2D eigenvalue weighted by molar-refractivity contribution is 6.71. The van der Waals surface area contributed by atoms with Gasteiger partial charge in [0, 0.05) is 52.0 Å². The first-order chi connectivity index (χ1) is 12.4. The van der Waals surface area contributed by atoms with Gasteiger partial charge in [-0.25, -0.2) is 0 Å². The van der Waals surface area contributed by atoms with Gasteiger partial charge in [0.15, 0.2) is 16.6 Å². The summed E-state index contributed by atoms with van der Waals surface area (Å²) in [7, 11) is 0.398. The van der Waals surface area contributed by atoms with Gasteiger partial charge in [-0.2, -0.15) is 0 Å². The minimum absolute atomic E-state index is 0.00636. The molecule has 0 fully saturated rings. The first kappa shape index (κ1) is 26.7. The average molecular weight is 418 g/mol. The normalized spacial score (nSPS) is 14.8. The van der Waals surface area contributed by atoms with Crippen molar-refractivity contribution < 1.29 is 18.4 Å². The van der Waals surface area contributed by atoms with Gasteiger partial charge in [-0.3, -0.25) is 9.59 Å². The lowest BCUT2D eigenvalue weighted by Gasteiger charge is -2.20. The second-order valence-electron chi connectivity index (χ2n) is 9.03. The van der Waals surface area contributed by atoms with Crippen molar-refractivity contribution in [1.29, 1.82) is 0 Å². The zero-order valence-electron chi connectivity index (χ0n) is 18.9. The van der Waals surface area contributed by atoms with E-state index in [9.17, 15) is 9.59 Å². The van der Waals surface area contributed by atoms with E-state index in [2.05, 4.69) is 31.5 Å². The minimum atomic E-state index is -1.57. The summed E-state index contributed by atoms with van der Waals surface area (Å²) in [5, 5.41) is 3.31. The van der Waals surface area contributed by atoms with E-state index in [-0.39, 0.29) is 11.8 Å². The molecule has 0 aromatic rings. The Morgan fingerprint density at radius 1 is 0.778 bits per heavy atom. The van der Waals surface area contributed by atoms with Crippen molar-refractivity contribution in [2.24, 2.45) is 11.8 Å². The van der Waals surface area contributed by atoms with E-state index in [1.807, 2.05) is 13.8 Å². The van der Waals surface area contributed by atoms with Crippen molar-refractivity contribution in [3.63, 3.8) is 0 Å². The van der Waals surface area contributed by atoms with Crippen LogP contribution in [0.25, 0.3) is 0 Å². The monoisotopic (exact) mass is 417 g/mol. The molecule has 0 bridgehead atoms. The highest BCUT2D eigenvalue weighted by Crippen LogP contribution is 2.16. The van der Waals surface area contributed by atoms with Crippen LogP contribution in [-0.4, -0.2) is 55.5 Å². The summed E-state index contributed by atoms with van der Waals surface area (Å²) in [6.45, 7) is 13.9. The first-order valence-corrected chi connectivity index (χ1v) is 16.5. The molecule has 0 aromatic heterocycles. The van der Waals surface area contributed by atoms with E-state index < -0.39 is 16.6 Å². The first-order valence-electron chi connectivity index (χ1n) is 10.3. The van der Waals surface area contributed by atoms with E-state index in [4.69, 9.17) is 8.85 Å². The van der Waals surface area contributed by atoms with Crippen LogP contribution in [0.1, 0.15) is 39.5 Å². The Morgan fingerprint density at radius 2 is 1.11 bits per heavy atom. The van der Waals surface area contributed by atoms with Crippen molar-refractivity contribution >= 4 is 28.2 Å². The maximum absolute atomic E-state index is 12.3. The lowest BCUT2D eigenvalue weighted by molar-refractivity contribution is -0.122. The molecule has 0 saturated carbocycles. The standard InChI is InChI=1S/C20H43NO4Si2/c1-17(19(22)11-9-13-26(5,6)24-3)15-21-16-18(2)20(23)12-10-14-27(7,8)25-4/h17-18,21H,9-16H2,1-8H3. The van der Waals surface area contributed by atoms with Gasteiger partial charge in [0.1, 0.15) is 11.6 Å². The molecular weight excluding hydrogens is 374 g/mol. The molecule has 5 nitrogen and oxygen atoms in total. The lowest BCUT2D eigenvalue weighted by atomic mass is 10.0. The van der Waals surface area contributed by atoms with Crippen molar-refractivity contribution in [1.82, 2.24) is 5.32 Å². The molecule has 0 radical (unpaired) electrons. The Balaban J connectivity index is 3.99. The van der Waals surface area contributed by atoms with Crippen molar-refractivity contribution in [3.8, 4) is 0 Å². The van der Waals surface area contributed by atoms with Gasteiger partial charge < -0.3 is 14.2 Å². The molecule has 0 aliphatic rings. The predicted molar refractivity (Wildman–Crippen MR) is 118 cm³/mol. The van der Waals surface area contributed by atoms with E-state index in [0.29, 0.717) is 37.5 Å². The number of rotatable bonds is 16. The van der Waals surface area contributed by atoms with Crippen LogP contribution >= 0.6 is 0 Å². The van der Waals surface area contributed by atoms with Crippen LogP contribution in [0.5, 0.6) is 0 Å². The molecule has 0 heterocycles. The molecule has 0 aliphatic heterocycles. The van der Waals surface area contributed by atoms with E-state index in [1.54, 1.807) is 14.2 Å². The van der Waals surface area contributed by atoms with Crippen molar-refractivity contribution in [2.75, 3.05) is 27.3 Å². The summed E-state index contributed by atoms with van der Waals surface area (Å²) in [6.07, 6.45) is 3.06. The number of nitrogens with one attached hydrogen (secondary N) is 1. The van der Waals surface area contributed by atoms with Gasteiger partial charge in [-0.05, 0) is 51.1 Å². The van der Waals surface area contributed by atoms with Crippen LogP contribution in [-0.2, 0) is 18.4 Å². The Kier molecular flexibility index (Phi) is 12.8. The maximum atomic E-state index is 12.3. The van der Waals surface area contributed by atoms with Crippen molar-refractivity contribution in [3.05, 3.63) is 0 Å². The van der Waals surface area contributed by atoms with Gasteiger partial charge in [-0.1, -0.05) is 13.8 Å². The summed E-state index contributed by atoms with van der Waals surface area (Å²) in [6, 6.07) is 2.04. The SMILES string of the molecule is CO[Si](C)(C)CCCC(=O)C(C)CNCC(C)C(=O)CCC[Si](C)(C)OC. The molecule has 0 rings (SSSR count). The molecular formula is C20H43NO4Si2. The van der Waals surface area contributed by atoms with E-state index in [1.165, 1.54) is 0 Å². The van der Waals surface area contributed by atoms with Crippen LogP contribution in [0.2, 0.25) is 38.3 Å². The lowest BCUT2D eigenvalue weighted by Crippen LogP contribution is -2.33. The number of Topliss-reactive ketones (excluding diaryl/α,β-unsaturated/α-hetero) is 2. The molecule has 0 saturated heterocycles. The maximum Gasteiger partial charge on any atom is 0.186 e. The van der Waals surface area contributed by atoms with Crippen molar-refractivity contribution in [2.45, 2.75) is 77.8 Å². The second-order valence-corrected chi connectivity index (χ2v) is 17.9. The summed E-state index contributed by atoms with van der Waals surface area (Å²) in [5.41, 5.74) is 0. The quantitative estimate of drug-likeness (QED) is 0.380. The third kappa shape index (κ3) is 12.7. The number of hydrogen-bond acceptors (Lipinski definition) is 5. The van der Waals surface area contributed by atoms with Crippen LogP contribution < -0.4 is 5.32 Å². The van der Waals surface area contributed by atoms with Gasteiger partial charge in [-0.15, -0.1) is 0 Å². The number of carbonyl (C=O) groups is 2. The Morgan fingerprint density at radius 3 is 1.41 bits per heavy atom. The third-order valence-electron chi connectivity index (χ3n) is 5.51. The predicted octanol–water partition coefficient (Wildman–Crippen LogP) is 4.25. The van der Waals surface area contributed by atoms with E-state index >= 15 is 0 Å². The number of hydrogen-bond donors (Lipinski definition) is 1. The molecule has 0 spiro atoms. The van der Waals surface area contributed by atoms with Gasteiger partial charge >= 0.3 is 0 Å². The Labute approximate surface area is 169 Å². The molecule has 2 atom stereocenters. The van der Waals surface area contributed by atoms with E-state index in [0.717, 1.165) is 24.9 Å². The second kappa shape index (κ2) is 13.0. The topological polar surface area (TPSA) is 64.6 Å². The van der Waals surface area contributed by atoms with Crippen LogP contribution in [0.4, 0.5) is 0 Å². The molecule has 160 valence electrons. The van der Waals surface area contributed by atoms with Crippen LogP contribution in [0.15, 0.2) is 0 Å². The molecule has 0 aromatic carbocycles. The zero-order valence-corrected chi connectivity index (χ0v) is 20.9. The molecule has 1 N–H and O–H groups in total. The number of carbonyl (C=O) groups excluding carboxylic acids is 2. The summed E-state index contributed by atoms with van der Waals surface area (Å²) in [5.74, 6) is 0.588. The fourth-order valence-electron chi connectivity index (χ4n) is 2.82. The fraction of sp³-hybridized carbons (Fsp3) is 0.900. The minimum Gasteiger partial charge on any atom is -0.420 e. The summed E-state index contributed by atoms with van der Waals surface area (Å²) in [4.78, 5) is 24.5.